The molecule has 2 nitrogen and oxygen atoms in total. The zero-order valence-corrected chi connectivity index (χ0v) is 11.1. The Balaban J connectivity index is 2.63. The van der Waals surface area contributed by atoms with Crippen molar-refractivity contribution in [2.45, 2.75) is 18.7 Å². The molecule has 1 aromatic rings. The lowest BCUT2D eigenvalue weighted by atomic mass is 10.2. The molecule has 0 radical (unpaired) electrons. The van der Waals surface area contributed by atoms with Gasteiger partial charge in [0, 0.05) is 12.1 Å². The zero-order valence-electron chi connectivity index (χ0n) is 8.77. The summed E-state index contributed by atoms with van der Waals surface area (Å²) in [7, 11) is 0. The van der Waals surface area contributed by atoms with Gasteiger partial charge in [0.2, 0.25) is 0 Å². The van der Waals surface area contributed by atoms with Gasteiger partial charge in [-0.1, -0.05) is 6.92 Å². The van der Waals surface area contributed by atoms with Crippen LogP contribution in [0.3, 0.4) is 0 Å². The van der Waals surface area contributed by atoms with Gasteiger partial charge in [0.1, 0.15) is 5.82 Å². The third kappa shape index (κ3) is 3.76. The summed E-state index contributed by atoms with van der Waals surface area (Å²) in [5, 5.41) is 2.55. The molecule has 0 fully saturated rings. The van der Waals surface area contributed by atoms with Crippen LogP contribution in [-0.4, -0.2) is 17.8 Å². The molecule has 0 bridgehead atoms. The Morgan fingerprint density at radius 1 is 1.62 bits per heavy atom. The topological polar surface area (TPSA) is 29.1 Å². The number of hydrogen-bond acceptors (Lipinski definition) is 1. The van der Waals surface area contributed by atoms with Gasteiger partial charge >= 0.3 is 0 Å². The minimum absolute atomic E-state index is 0.0933. The molecule has 1 atom stereocenters. The molecule has 1 rings (SSSR count). The molecule has 0 saturated heterocycles. The number of carbonyl (C=O) groups excluding carboxylic acids is 1. The maximum Gasteiger partial charge on any atom is 0.251 e. The van der Waals surface area contributed by atoms with E-state index in [0.29, 0.717) is 16.6 Å². The average Bonchev–Trinajstić information content (AvgIpc) is 2.29. The van der Waals surface area contributed by atoms with Crippen molar-refractivity contribution in [1.82, 2.24) is 5.32 Å². The largest absolute Gasteiger partial charge is 0.351 e. The molecular formula is C11H12BrClFNO. The Kier molecular flexibility index (Phi) is 5.22. The second-order valence-electron chi connectivity index (χ2n) is 3.34. The first-order valence-corrected chi connectivity index (χ1v) is 6.14. The lowest BCUT2D eigenvalue weighted by Crippen LogP contribution is -2.29. The summed E-state index contributed by atoms with van der Waals surface area (Å²) < 4.78 is 13.5. The van der Waals surface area contributed by atoms with Gasteiger partial charge < -0.3 is 5.32 Å². The number of halogens is 3. The van der Waals surface area contributed by atoms with E-state index >= 15 is 0 Å². The molecule has 5 heteroatoms. The predicted octanol–water partition coefficient (Wildman–Crippen LogP) is 3.34. The molecular weight excluding hydrogens is 296 g/mol. The highest BCUT2D eigenvalue weighted by molar-refractivity contribution is 9.10. The summed E-state index contributed by atoms with van der Waals surface area (Å²) in [6.07, 6.45) is 0.774. The Morgan fingerprint density at radius 2 is 2.31 bits per heavy atom. The minimum atomic E-state index is -0.453. The zero-order chi connectivity index (χ0) is 12.1. The molecule has 0 heterocycles. The summed E-state index contributed by atoms with van der Waals surface area (Å²) in [6.45, 7) is 2.32. The van der Waals surface area contributed by atoms with Crippen molar-refractivity contribution in [2.75, 3.05) is 6.54 Å². The fraction of sp³-hybridized carbons (Fsp3) is 0.364. The van der Waals surface area contributed by atoms with E-state index in [-0.39, 0.29) is 11.3 Å². The number of alkyl halides is 1. The van der Waals surface area contributed by atoms with Crippen LogP contribution < -0.4 is 5.32 Å². The molecule has 0 aromatic heterocycles. The number of benzene rings is 1. The SMILES string of the molecule is CCC(Cl)CNC(=O)c1ccc(Br)c(F)c1. The number of hydrogen-bond donors (Lipinski definition) is 1. The highest BCUT2D eigenvalue weighted by Gasteiger charge is 2.09. The van der Waals surface area contributed by atoms with E-state index in [1.807, 2.05) is 6.92 Å². The second-order valence-corrected chi connectivity index (χ2v) is 4.82. The van der Waals surface area contributed by atoms with Crippen molar-refractivity contribution in [3.8, 4) is 0 Å². The summed E-state index contributed by atoms with van der Waals surface area (Å²) in [4.78, 5) is 11.6. The van der Waals surface area contributed by atoms with Gasteiger partial charge in [-0.3, -0.25) is 4.79 Å². The van der Waals surface area contributed by atoms with Gasteiger partial charge in [-0.2, -0.15) is 0 Å². The van der Waals surface area contributed by atoms with Crippen LogP contribution >= 0.6 is 27.5 Å². The third-order valence-corrected chi connectivity index (χ3v) is 3.21. The second kappa shape index (κ2) is 6.21. The van der Waals surface area contributed by atoms with Crippen LogP contribution in [0.25, 0.3) is 0 Å². The fourth-order valence-electron chi connectivity index (χ4n) is 1.09. The molecule has 1 amide bonds. The van der Waals surface area contributed by atoms with Gasteiger partial charge in [0.15, 0.2) is 0 Å². The monoisotopic (exact) mass is 307 g/mol. The fourth-order valence-corrected chi connectivity index (χ4v) is 1.41. The molecule has 0 aliphatic heterocycles. The van der Waals surface area contributed by atoms with E-state index in [4.69, 9.17) is 11.6 Å². The number of rotatable bonds is 4. The smallest absolute Gasteiger partial charge is 0.251 e. The van der Waals surface area contributed by atoms with Crippen molar-refractivity contribution >= 4 is 33.4 Å². The highest BCUT2D eigenvalue weighted by atomic mass is 79.9. The Morgan fingerprint density at radius 3 is 2.88 bits per heavy atom. The van der Waals surface area contributed by atoms with Crippen LogP contribution in [0.1, 0.15) is 23.7 Å². The van der Waals surface area contributed by atoms with E-state index in [2.05, 4.69) is 21.2 Å². The summed E-state index contributed by atoms with van der Waals surface area (Å²) in [5.74, 6) is -0.768. The maximum atomic E-state index is 13.2. The maximum absolute atomic E-state index is 13.2. The van der Waals surface area contributed by atoms with Crippen molar-refractivity contribution in [3.63, 3.8) is 0 Å². The lowest BCUT2D eigenvalue weighted by molar-refractivity contribution is 0.0953. The molecule has 0 saturated carbocycles. The van der Waals surface area contributed by atoms with E-state index in [1.54, 1.807) is 6.07 Å². The van der Waals surface area contributed by atoms with Gasteiger partial charge in [-0.15, -0.1) is 11.6 Å². The lowest BCUT2D eigenvalue weighted by Gasteiger charge is -2.08. The van der Waals surface area contributed by atoms with Crippen LogP contribution in [0, 0.1) is 5.82 Å². The average molecular weight is 309 g/mol. The van der Waals surface area contributed by atoms with Crippen LogP contribution in [0.4, 0.5) is 4.39 Å². The highest BCUT2D eigenvalue weighted by Crippen LogP contribution is 2.16. The van der Waals surface area contributed by atoms with E-state index in [1.165, 1.54) is 12.1 Å². The molecule has 1 unspecified atom stereocenters. The number of nitrogens with one attached hydrogen (secondary N) is 1. The van der Waals surface area contributed by atoms with Crippen molar-refractivity contribution in [3.05, 3.63) is 34.1 Å². The summed E-state index contributed by atoms with van der Waals surface area (Å²) in [6, 6.07) is 4.24. The van der Waals surface area contributed by atoms with Gasteiger partial charge in [0.05, 0.1) is 9.85 Å². The first kappa shape index (κ1) is 13.5. The molecule has 1 N–H and O–H groups in total. The first-order chi connectivity index (χ1) is 7.54. The van der Waals surface area contributed by atoms with Crippen LogP contribution in [0.15, 0.2) is 22.7 Å². The minimum Gasteiger partial charge on any atom is -0.351 e. The van der Waals surface area contributed by atoms with Crippen molar-refractivity contribution < 1.29 is 9.18 Å². The molecule has 0 aliphatic rings. The molecule has 0 spiro atoms. The van der Waals surface area contributed by atoms with Crippen LogP contribution in [0.5, 0.6) is 0 Å². The molecule has 16 heavy (non-hydrogen) atoms. The summed E-state index contributed by atoms with van der Waals surface area (Å²) in [5.41, 5.74) is 0.292. The standard InChI is InChI=1S/C11H12BrClFNO/c1-2-8(13)6-15-11(16)7-3-4-9(12)10(14)5-7/h3-5,8H,2,6H2,1H3,(H,15,16). The third-order valence-electron chi connectivity index (χ3n) is 2.11. The normalized spacial score (nSPS) is 12.2. The Labute approximate surface area is 107 Å². The van der Waals surface area contributed by atoms with Gasteiger partial charge in [-0.05, 0) is 40.5 Å². The van der Waals surface area contributed by atoms with Gasteiger partial charge in [0.25, 0.3) is 5.91 Å². The van der Waals surface area contributed by atoms with Gasteiger partial charge in [-0.25, -0.2) is 4.39 Å². The van der Waals surface area contributed by atoms with Crippen molar-refractivity contribution in [1.29, 1.82) is 0 Å². The molecule has 1 aromatic carbocycles. The Hall–Kier alpha value is -0.610. The summed E-state index contributed by atoms with van der Waals surface area (Å²) >= 11 is 8.88. The van der Waals surface area contributed by atoms with Crippen LogP contribution in [-0.2, 0) is 0 Å². The molecule has 88 valence electrons. The van der Waals surface area contributed by atoms with E-state index < -0.39 is 5.82 Å². The Bertz CT molecular complexity index is 386. The first-order valence-electron chi connectivity index (χ1n) is 4.92. The molecule has 0 aliphatic carbocycles. The van der Waals surface area contributed by atoms with Crippen molar-refractivity contribution in [2.24, 2.45) is 0 Å². The van der Waals surface area contributed by atoms with Crippen LogP contribution in [0.2, 0.25) is 0 Å². The van der Waals surface area contributed by atoms with E-state index in [9.17, 15) is 9.18 Å². The quantitative estimate of drug-likeness (QED) is 0.849. The number of carbonyl (C=O) groups is 1. The number of amides is 1. The predicted molar refractivity (Wildman–Crippen MR) is 66.4 cm³/mol. The van der Waals surface area contributed by atoms with E-state index in [0.717, 1.165) is 6.42 Å².